The van der Waals surface area contributed by atoms with Gasteiger partial charge in [0.05, 0.1) is 50.8 Å². The Morgan fingerprint density at radius 1 is 0.980 bits per heavy atom. The molecule has 6 fully saturated rings. The lowest BCUT2D eigenvalue weighted by Crippen LogP contribution is -2.79. The van der Waals surface area contributed by atoms with Crippen molar-refractivity contribution in [3.05, 3.63) is 23.8 Å². The Hall–Kier alpha value is -3.01. The second-order valence-corrected chi connectivity index (χ2v) is 14.8. The number of piperidine rings is 1. The van der Waals surface area contributed by atoms with Crippen LogP contribution in [0.25, 0.3) is 0 Å². The first-order valence-electron chi connectivity index (χ1n) is 16.7. The van der Waals surface area contributed by atoms with E-state index in [0.717, 1.165) is 6.41 Å². The molecule has 1 heterocycles. The van der Waals surface area contributed by atoms with Gasteiger partial charge in [-0.15, -0.1) is 0 Å². The lowest BCUT2D eigenvalue weighted by molar-refractivity contribution is -0.295. The molecule has 1 aromatic carbocycles. The number of carbonyl (C=O) groups is 3. The summed E-state index contributed by atoms with van der Waals surface area (Å²) in [5.74, 6) is -2.94. The van der Waals surface area contributed by atoms with Crippen molar-refractivity contribution in [1.82, 2.24) is 4.90 Å². The fraction of sp³-hybridized carbons (Fsp3) is 0.743. The zero-order chi connectivity index (χ0) is 35.3. The molecule has 270 valence electrons. The minimum Gasteiger partial charge on any atom is -0.493 e. The van der Waals surface area contributed by atoms with Crippen molar-refractivity contribution < 1.29 is 62.5 Å². The van der Waals surface area contributed by atoms with E-state index in [1.54, 1.807) is 38.4 Å². The molecule has 7 rings (SSSR count). The number of rotatable bonds is 11. The van der Waals surface area contributed by atoms with Crippen molar-refractivity contribution in [2.24, 2.45) is 34.5 Å². The second kappa shape index (κ2) is 11.8. The van der Waals surface area contributed by atoms with Gasteiger partial charge in [-0.2, -0.15) is 0 Å². The summed E-state index contributed by atoms with van der Waals surface area (Å²) in [4.78, 5) is 42.2. The molecule has 49 heavy (non-hydrogen) atoms. The van der Waals surface area contributed by atoms with Crippen molar-refractivity contribution in [3.63, 3.8) is 0 Å². The van der Waals surface area contributed by atoms with Gasteiger partial charge in [0, 0.05) is 89.4 Å². The number of nitrogens with zero attached hydrogens (tertiary/aromatic N) is 1. The number of likely N-dealkylation sites (tertiary alicyclic amines) is 1. The molecule has 5 saturated carbocycles. The van der Waals surface area contributed by atoms with Crippen LogP contribution in [0.4, 0.5) is 0 Å². The predicted octanol–water partition coefficient (Wildman–Crippen LogP) is 0.831. The number of benzene rings is 1. The van der Waals surface area contributed by atoms with E-state index in [4.69, 9.17) is 37.9 Å². The monoisotopic (exact) mass is 689 g/mol. The molecule has 7 bridgehead atoms. The van der Waals surface area contributed by atoms with Crippen molar-refractivity contribution >= 4 is 18.3 Å². The van der Waals surface area contributed by atoms with E-state index in [0.29, 0.717) is 11.5 Å². The van der Waals surface area contributed by atoms with Crippen LogP contribution in [0.5, 0.6) is 11.5 Å². The molecule has 1 amide bonds. The quantitative estimate of drug-likeness (QED) is 0.248. The van der Waals surface area contributed by atoms with Crippen LogP contribution in [0.2, 0.25) is 0 Å². The lowest BCUT2D eigenvalue weighted by atomic mass is 9.42. The fourth-order valence-electron chi connectivity index (χ4n) is 12.3. The van der Waals surface area contributed by atoms with Gasteiger partial charge < -0.3 is 53.0 Å². The Labute approximate surface area is 285 Å². The number of fused-ring (bicyclic) bond motifs is 2. The highest BCUT2D eigenvalue weighted by Gasteiger charge is 2.90. The van der Waals surface area contributed by atoms with Gasteiger partial charge in [-0.25, -0.2) is 4.79 Å². The fourth-order valence-corrected chi connectivity index (χ4v) is 12.3. The van der Waals surface area contributed by atoms with Gasteiger partial charge in [0.25, 0.3) is 0 Å². The van der Waals surface area contributed by atoms with Gasteiger partial charge in [-0.1, -0.05) is 0 Å². The van der Waals surface area contributed by atoms with Crippen LogP contribution < -0.4 is 9.47 Å². The first-order chi connectivity index (χ1) is 23.4. The summed E-state index contributed by atoms with van der Waals surface area (Å²) >= 11 is 0. The van der Waals surface area contributed by atoms with E-state index in [2.05, 4.69) is 0 Å². The highest BCUT2D eigenvalue weighted by atomic mass is 16.6. The van der Waals surface area contributed by atoms with Crippen LogP contribution in [0.15, 0.2) is 18.2 Å². The van der Waals surface area contributed by atoms with Gasteiger partial charge in [0.2, 0.25) is 6.41 Å². The molecule has 0 radical (unpaired) electrons. The predicted molar refractivity (Wildman–Crippen MR) is 168 cm³/mol. The van der Waals surface area contributed by atoms with Crippen LogP contribution in [0.1, 0.15) is 36.5 Å². The molecule has 1 saturated heterocycles. The van der Waals surface area contributed by atoms with Crippen molar-refractivity contribution in [2.75, 3.05) is 55.8 Å². The van der Waals surface area contributed by atoms with Gasteiger partial charge in [-0.3, -0.25) is 9.59 Å². The molecule has 14 heteroatoms. The zero-order valence-corrected chi connectivity index (χ0v) is 29.0. The van der Waals surface area contributed by atoms with E-state index in [1.165, 1.54) is 34.3 Å². The van der Waals surface area contributed by atoms with E-state index in [1.807, 2.05) is 0 Å². The van der Waals surface area contributed by atoms with E-state index in [9.17, 15) is 24.6 Å². The maximum atomic E-state index is 14.1. The normalized spacial score (nSPS) is 45.4. The minimum absolute atomic E-state index is 0.0686. The molecule has 0 unspecified atom stereocenters. The third-order valence-corrected chi connectivity index (χ3v) is 13.4. The Kier molecular flexibility index (Phi) is 8.28. The first kappa shape index (κ1) is 34.4. The SMILES string of the molecule is COC[C@]12CN(C=O)[C@@H]3[C@@H]4[C@H](OC)[C@H]1[C@@]3([C@@H](OC)C[C@H]2O)[C@@H]1C[C@]2(O)[C@@H](OC)C[C@@]4(OC(C)=O)[C@H]1[C@H]2OC(=O)c1ccc(OC)c(OC)c1. The van der Waals surface area contributed by atoms with Crippen LogP contribution in [-0.2, 0) is 38.0 Å². The van der Waals surface area contributed by atoms with E-state index >= 15 is 0 Å². The number of carbonyl (C=O) groups excluding carboxylic acids is 3. The second-order valence-electron chi connectivity index (χ2n) is 14.8. The highest BCUT2D eigenvalue weighted by molar-refractivity contribution is 5.90. The Morgan fingerprint density at radius 3 is 2.29 bits per heavy atom. The largest absolute Gasteiger partial charge is 0.493 e. The van der Waals surface area contributed by atoms with Crippen molar-refractivity contribution in [3.8, 4) is 11.5 Å². The summed E-state index contributed by atoms with van der Waals surface area (Å²) in [7, 11) is 9.16. The summed E-state index contributed by atoms with van der Waals surface area (Å²) in [6.45, 7) is 1.64. The molecule has 1 spiro atoms. The number of hydrogen-bond donors (Lipinski definition) is 2. The number of aliphatic hydroxyl groups is 2. The highest BCUT2D eigenvalue weighted by Crippen LogP contribution is 2.80. The molecule has 5 aliphatic carbocycles. The van der Waals surface area contributed by atoms with Crippen molar-refractivity contribution in [1.29, 1.82) is 0 Å². The average Bonchev–Trinajstić information content (AvgIpc) is 3.46. The molecule has 14 atom stereocenters. The molecule has 0 aromatic heterocycles. The number of amides is 1. The number of ether oxygens (including phenoxy) is 8. The summed E-state index contributed by atoms with van der Waals surface area (Å²) in [6.07, 6.45) is -3.10. The number of aliphatic hydroxyl groups excluding tert-OH is 1. The van der Waals surface area contributed by atoms with Gasteiger partial charge in [0.15, 0.2) is 11.5 Å². The number of hydrogen-bond acceptors (Lipinski definition) is 13. The van der Waals surface area contributed by atoms with E-state index < -0.39 is 94.2 Å². The van der Waals surface area contributed by atoms with Crippen molar-refractivity contribution in [2.45, 2.75) is 73.9 Å². The lowest BCUT2D eigenvalue weighted by Gasteiger charge is -2.69. The smallest absolute Gasteiger partial charge is 0.338 e. The molecule has 2 N–H and O–H groups in total. The maximum Gasteiger partial charge on any atom is 0.338 e. The Morgan fingerprint density at radius 2 is 1.69 bits per heavy atom. The number of esters is 2. The molecule has 14 nitrogen and oxygen atoms in total. The first-order valence-corrected chi connectivity index (χ1v) is 16.7. The molecule has 1 aromatic rings. The molecule has 6 aliphatic rings. The topological polar surface area (TPSA) is 169 Å². The third-order valence-electron chi connectivity index (χ3n) is 13.4. The van der Waals surface area contributed by atoms with Crippen LogP contribution in [-0.4, -0.2) is 137 Å². The minimum atomic E-state index is -1.71. The molecule has 1 aliphatic heterocycles. The summed E-state index contributed by atoms with van der Waals surface area (Å²) < 4.78 is 48.2. The van der Waals surface area contributed by atoms with Crippen LogP contribution in [0.3, 0.4) is 0 Å². The molecular weight excluding hydrogens is 642 g/mol. The summed E-state index contributed by atoms with van der Waals surface area (Å²) in [5, 5.41) is 24.8. The van der Waals surface area contributed by atoms with Gasteiger partial charge in [-0.05, 0) is 30.5 Å². The van der Waals surface area contributed by atoms with Crippen LogP contribution in [0, 0.1) is 34.5 Å². The van der Waals surface area contributed by atoms with E-state index in [-0.39, 0.29) is 38.0 Å². The zero-order valence-electron chi connectivity index (χ0n) is 29.0. The maximum absolute atomic E-state index is 14.1. The van der Waals surface area contributed by atoms with Gasteiger partial charge >= 0.3 is 11.9 Å². The summed E-state index contributed by atoms with van der Waals surface area (Å²) in [6, 6.07) is 4.08. The molecular formula is C35H47NO13. The van der Waals surface area contributed by atoms with Crippen LogP contribution >= 0.6 is 0 Å². The third kappa shape index (κ3) is 4.12. The Bertz CT molecular complexity index is 1510. The Balaban J connectivity index is 1.47. The standard InChI is InChI=1S/C35H47NO13/c1-17(38)49-34-13-24(46-6)33(41)12-19(25(34)30(33)48-31(40)18-8-9-20(43-3)21(10-18)44-4)35-23(45-5)11-22(39)32(15-42-2)14-36(16-37)29(35)26(34)27(47-7)28(32)35/h8-10,16,19,22-30,39,41H,11-15H2,1-7H3/t19-,22-,23+,24+,25-,26+,27+,28-,29-,30-,32+,33+,34-,35+/m1/s1. The van der Waals surface area contributed by atoms with Gasteiger partial charge in [0.1, 0.15) is 17.3 Å². The number of methoxy groups -OCH3 is 6. The average molecular weight is 690 g/mol. The summed E-state index contributed by atoms with van der Waals surface area (Å²) in [5.41, 5.74) is -4.85.